The van der Waals surface area contributed by atoms with Gasteiger partial charge in [0.2, 0.25) is 0 Å². The second-order valence-electron chi connectivity index (χ2n) is 6.86. The number of carboxylic acid groups (broad SMARTS) is 1. The number of hydrogen-bond acceptors (Lipinski definition) is 6. The summed E-state index contributed by atoms with van der Waals surface area (Å²) in [5, 5.41) is 9.37. The summed E-state index contributed by atoms with van der Waals surface area (Å²) < 4.78 is 35.9. The zero-order chi connectivity index (χ0) is 22.4. The van der Waals surface area contributed by atoms with Crippen molar-refractivity contribution in [2.24, 2.45) is 0 Å². The minimum absolute atomic E-state index is 0.0882. The number of ether oxygens (including phenoxy) is 2. The van der Waals surface area contributed by atoms with Crippen molar-refractivity contribution < 1.29 is 28.2 Å². The molecule has 0 atom stereocenters. The Kier molecular flexibility index (Phi) is 6.96. The van der Waals surface area contributed by atoms with Crippen molar-refractivity contribution >= 4 is 17.3 Å². The van der Waals surface area contributed by atoms with E-state index in [2.05, 4.69) is 14.7 Å². The molecule has 0 bridgehead atoms. The van der Waals surface area contributed by atoms with Gasteiger partial charge in [0.15, 0.2) is 11.5 Å². The van der Waals surface area contributed by atoms with Crippen LogP contribution in [0.2, 0.25) is 0 Å². The highest BCUT2D eigenvalue weighted by Gasteiger charge is 2.18. The number of anilines is 2. The molecule has 0 aliphatic heterocycles. The number of carboxylic acids is 1. The van der Waals surface area contributed by atoms with E-state index in [9.17, 15) is 18.7 Å². The van der Waals surface area contributed by atoms with E-state index in [1.54, 1.807) is 50.5 Å². The standard InChI is InChI=1S/C22H21F2N3O4/c1-14(2)30-20-9-18(6-7-19(20)31-22(23)24)27(12-15-10-25-13-26-11-15)17-5-3-4-16(8-17)21(28)29/h3-11,13-14,22H,12H2,1-2H3,(H,28,29). The molecule has 0 saturated carbocycles. The molecular formula is C22H21F2N3O4. The van der Waals surface area contributed by atoms with E-state index in [0.717, 1.165) is 5.56 Å². The van der Waals surface area contributed by atoms with Gasteiger partial charge in [0.1, 0.15) is 6.33 Å². The van der Waals surface area contributed by atoms with Gasteiger partial charge in [-0.25, -0.2) is 14.8 Å². The molecule has 1 N–H and O–H groups in total. The van der Waals surface area contributed by atoms with Crippen molar-refractivity contribution in [3.63, 3.8) is 0 Å². The zero-order valence-corrected chi connectivity index (χ0v) is 16.9. The SMILES string of the molecule is CC(C)Oc1cc(N(Cc2cncnc2)c2cccc(C(=O)O)c2)ccc1OC(F)F. The van der Waals surface area contributed by atoms with Gasteiger partial charge in [0.25, 0.3) is 0 Å². The van der Waals surface area contributed by atoms with Crippen molar-refractivity contribution in [2.75, 3.05) is 4.90 Å². The minimum atomic E-state index is -3.00. The fourth-order valence-electron chi connectivity index (χ4n) is 2.94. The lowest BCUT2D eigenvalue weighted by molar-refractivity contribution is -0.0518. The molecule has 9 heteroatoms. The lowest BCUT2D eigenvalue weighted by Gasteiger charge is -2.26. The van der Waals surface area contributed by atoms with E-state index >= 15 is 0 Å². The van der Waals surface area contributed by atoms with Crippen LogP contribution in [0.5, 0.6) is 11.5 Å². The largest absolute Gasteiger partial charge is 0.487 e. The maximum atomic E-state index is 12.8. The number of aromatic nitrogens is 2. The molecular weight excluding hydrogens is 408 g/mol. The Morgan fingerprint density at radius 2 is 1.74 bits per heavy atom. The van der Waals surface area contributed by atoms with Crippen molar-refractivity contribution in [1.82, 2.24) is 9.97 Å². The Labute approximate surface area is 177 Å². The van der Waals surface area contributed by atoms with Crippen LogP contribution in [0, 0.1) is 0 Å². The highest BCUT2D eigenvalue weighted by atomic mass is 19.3. The van der Waals surface area contributed by atoms with Gasteiger partial charge < -0.3 is 19.5 Å². The number of alkyl halides is 2. The first kappa shape index (κ1) is 21.9. The molecule has 2 aromatic carbocycles. The van der Waals surface area contributed by atoms with Gasteiger partial charge in [-0.2, -0.15) is 8.78 Å². The molecule has 1 heterocycles. The van der Waals surface area contributed by atoms with Crippen molar-refractivity contribution in [3.8, 4) is 11.5 Å². The van der Waals surface area contributed by atoms with Crippen LogP contribution in [-0.2, 0) is 6.54 Å². The molecule has 3 rings (SSSR count). The topological polar surface area (TPSA) is 84.8 Å². The summed E-state index contributed by atoms with van der Waals surface area (Å²) in [4.78, 5) is 21.3. The lowest BCUT2D eigenvalue weighted by atomic mass is 10.1. The summed E-state index contributed by atoms with van der Waals surface area (Å²) in [6.45, 7) is 0.855. The number of nitrogens with zero attached hydrogens (tertiary/aromatic N) is 3. The average Bonchev–Trinajstić information content (AvgIpc) is 2.73. The lowest BCUT2D eigenvalue weighted by Crippen LogP contribution is -2.18. The molecule has 3 aromatic rings. The number of hydrogen-bond donors (Lipinski definition) is 1. The summed E-state index contributed by atoms with van der Waals surface area (Å²) in [7, 11) is 0. The molecule has 7 nitrogen and oxygen atoms in total. The number of aromatic carboxylic acids is 1. The van der Waals surface area contributed by atoms with E-state index in [0.29, 0.717) is 17.9 Å². The number of benzene rings is 2. The second-order valence-corrected chi connectivity index (χ2v) is 6.86. The second kappa shape index (κ2) is 9.84. The van der Waals surface area contributed by atoms with Gasteiger partial charge in [-0.05, 0) is 44.2 Å². The third-order valence-corrected chi connectivity index (χ3v) is 4.18. The fraction of sp³-hybridized carbons (Fsp3) is 0.227. The molecule has 0 unspecified atom stereocenters. The normalized spacial score (nSPS) is 10.9. The van der Waals surface area contributed by atoms with E-state index in [1.807, 2.05) is 4.90 Å². The molecule has 162 valence electrons. The van der Waals surface area contributed by atoms with Gasteiger partial charge in [0, 0.05) is 35.4 Å². The van der Waals surface area contributed by atoms with E-state index in [4.69, 9.17) is 4.74 Å². The highest BCUT2D eigenvalue weighted by Crippen LogP contribution is 2.37. The van der Waals surface area contributed by atoms with Crippen LogP contribution in [0.25, 0.3) is 0 Å². The summed E-state index contributed by atoms with van der Waals surface area (Å²) in [5.41, 5.74) is 2.05. The summed E-state index contributed by atoms with van der Waals surface area (Å²) >= 11 is 0. The molecule has 0 aliphatic rings. The summed E-state index contributed by atoms with van der Waals surface area (Å²) in [6, 6.07) is 11.0. The molecule has 0 saturated heterocycles. The van der Waals surface area contributed by atoms with Crippen LogP contribution >= 0.6 is 0 Å². The van der Waals surface area contributed by atoms with Crippen LogP contribution in [0.1, 0.15) is 29.8 Å². The predicted molar refractivity (Wildman–Crippen MR) is 110 cm³/mol. The van der Waals surface area contributed by atoms with Crippen LogP contribution in [0.3, 0.4) is 0 Å². The Balaban J connectivity index is 2.08. The molecule has 0 spiro atoms. The van der Waals surface area contributed by atoms with Gasteiger partial charge in [-0.1, -0.05) is 6.07 Å². The Morgan fingerprint density at radius 3 is 2.39 bits per heavy atom. The van der Waals surface area contributed by atoms with Crippen LogP contribution in [0.4, 0.5) is 20.2 Å². The van der Waals surface area contributed by atoms with Crippen molar-refractivity contribution in [3.05, 3.63) is 72.3 Å². The summed E-state index contributed by atoms with van der Waals surface area (Å²) in [6.07, 6.45) is 4.41. The van der Waals surface area contributed by atoms with Gasteiger partial charge in [0.05, 0.1) is 18.2 Å². The third-order valence-electron chi connectivity index (χ3n) is 4.18. The smallest absolute Gasteiger partial charge is 0.387 e. The first-order valence-corrected chi connectivity index (χ1v) is 9.44. The van der Waals surface area contributed by atoms with Crippen molar-refractivity contribution in [1.29, 1.82) is 0 Å². The maximum Gasteiger partial charge on any atom is 0.387 e. The van der Waals surface area contributed by atoms with Crippen LogP contribution in [0.15, 0.2) is 61.2 Å². The van der Waals surface area contributed by atoms with Gasteiger partial charge in [-0.15, -0.1) is 0 Å². The van der Waals surface area contributed by atoms with Gasteiger partial charge in [-0.3, -0.25) is 0 Å². The minimum Gasteiger partial charge on any atom is -0.487 e. The van der Waals surface area contributed by atoms with Gasteiger partial charge >= 0.3 is 12.6 Å². The summed E-state index contributed by atoms with van der Waals surface area (Å²) in [5.74, 6) is -0.999. The zero-order valence-electron chi connectivity index (χ0n) is 16.9. The van der Waals surface area contributed by atoms with E-state index in [1.165, 1.54) is 24.5 Å². The first-order chi connectivity index (χ1) is 14.8. The average molecular weight is 429 g/mol. The monoisotopic (exact) mass is 429 g/mol. The van der Waals surface area contributed by atoms with E-state index < -0.39 is 12.6 Å². The molecule has 0 amide bonds. The van der Waals surface area contributed by atoms with E-state index in [-0.39, 0.29) is 23.2 Å². The molecule has 31 heavy (non-hydrogen) atoms. The maximum absolute atomic E-state index is 12.8. The fourth-order valence-corrected chi connectivity index (χ4v) is 2.94. The molecule has 1 aromatic heterocycles. The quantitative estimate of drug-likeness (QED) is 0.518. The van der Waals surface area contributed by atoms with Crippen LogP contribution < -0.4 is 14.4 Å². The Morgan fingerprint density at radius 1 is 1.03 bits per heavy atom. The van der Waals surface area contributed by atoms with Crippen LogP contribution in [-0.4, -0.2) is 33.8 Å². The van der Waals surface area contributed by atoms with Crippen molar-refractivity contribution in [2.45, 2.75) is 33.1 Å². The molecule has 0 fully saturated rings. The Hall–Kier alpha value is -3.75. The highest BCUT2D eigenvalue weighted by molar-refractivity contribution is 5.89. The molecule has 0 aliphatic carbocycles. The first-order valence-electron chi connectivity index (χ1n) is 9.44. The molecule has 0 radical (unpaired) electrons. The number of rotatable bonds is 9. The number of halogens is 2. The third kappa shape index (κ3) is 5.88. The Bertz CT molecular complexity index is 1030. The predicted octanol–water partition coefficient (Wildman–Crippen LogP) is 4.90. The number of carbonyl (C=O) groups is 1.